The van der Waals surface area contributed by atoms with E-state index >= 15 is 0 Å². The third-order valence-electron chi connectivity index (χ3n) is 2.67. The number of para-hydroxylation sites is 1. The van der Waals surface area contributed by atoms with Crippen LogP contribution in [-0.2, 0) is 4.79 Å². The first-order valence-electron chi connectivity index (χ1n) is 6.13. The van der Waals surface area contributed by atoms with Crippen LogP contribution < -0.4 is 15.8 Å². The zero-order valence-electron chi connectivity index (χ0n) is 11.0. The summed E-state index contributed by atoms with van der Waals surface area (Å²) >= 11 is 0. The molecule has 0 saturated heterocycles. The third kappa shape index (κ3) is 3.58. The van der Waals surface area contributed by atoms with Crippen molar-refractivity contribution in [3.63, 3.8) is 0 Å². The van der Waals surface area contributed by atoms with Gasteiger partial charge in [0.2, 0.25) is 6.41 Å². The predicted molar refractivity (Wildman–Crippen MR) is 78.3 cm³/mol. The number of anilines is 2. The van der Waals surface area contributed by atoms with Gasteiger partial charge in [0.05, 0.1) is 5.69 Å². The summed E-state index contributed by atoms with van der Waals surface area (Å²) in [5.41, 5.74) is 4.79. The smallest absolute Gasteiger partial charge is 0.307 e. The van der Waals surface area contributed by atoms with Crippen LogP contribution in [0.1, 0.15) is 5.56 Å². The van der Waals surface area contributed by atoms with Crippen LogP contribution in [-0.4, -0.2) is 12.4 Å². The van der Waals surface area contributed by atoms with Crippen LogP contribution >= 0.6 is 0 Å². The maximum atomic E-state index is 11.8. The molecule has 20 heavy (non-hydrogen) atoms. The van der Waals surface area contributed by atoms with Crippen molar-refractivity contribution in [3.8, 4) is 0 Å². The molecule has 2 N–H and O–H groups in total. The van der Waals surface area contributed by atoms with E-state index in [4.69, 9.17) is 0 Å². The van der Waals surface area contributed by atoms with Crippen molar-refractivity contribution >= 4 is 23.8 Å². The van der Waals surface area contributed by atoms with Crippen LogP contribution in [0.25, 0.3) is 0 Å². The minimum Gasteiger partial charge on any atom is -0.307 e. The molecule has 0 unspecified atom stereocenters. The summed E-state index contributed by atoms with van der Waals surface area (Å²) < 4.78 is 0. The van der Waals surface area contributed by atoms with Crippen molar-refractivity contribution in [2.45, 2.75) is 6.92 Å². The summed E-state index contributed by atoms with van der Waals surface area (Å²) in [6, 6.07) is 15.8. The summed E-state index contributed by atoms with van der Waals surface area (Å²) in [6.45, 7) is 1.95. The molecule has 0 heterocycles. The summed E-state index contributed by atoms with van der Waals surface area (Å²) in [4.78, 5) is 22.9. The first-order chi connectivity index (χ1) is 9.69. The second-order valence-corrected chi connectivity index (χ2v) is 4.24. The maximum Gasteiger partial charge on any atom is 0.338 e. The number of nitrogens with one attached hydrogen (secondary N) is 2. The lowest BCUT2D eigenvalue weighted by atomic mass is 10.2. The van der Waals surface area contributed by atoms with Crippen molar-refractivity contribution < 1.29 is 9.59 Å². The fourth-order valence-electron chi connectivity index (χ4n) is 1.65. The monoisotopic (exact) mass is 269 g/mol. The lowest BCUT2D eigenvalue weighted by Gasteiger charge is -2.18. The van der Waals surface area contributed by atoms with Crippen molar-refractivity contribution in [3.05, 3.63) is 60.2 Å². The van der Waals surface area contributed by atoms with E-state index in [0.29, 0.717) is 17.8 Å². The molecule has 5 heteroatoms. The van der Waals surface area contributed by atoms with Gasteiger partial charge in [0.15, 0.2) is 0 Å². The number of hydrogen-bond donors (Lipinski definition) is 2. The normalized spacial score (nSPS) is 9.65. The van der Waals surface area contributed by atoms with Crippen LogP contribution in [0.4, 0.5) is 16.2 Å². The zero-order valence-corrected chi connectivity index (χ0v) is 11.0. The molecule has 0 atom stereocenters. The molecule has 0 radical (unpaired) electrons. The second-order valence-electron chi connectivity index (χ2n) is 4.24. The van der Waals surface area contributed by atoms with E-state index in [1.54, 1.807) is 24.3 Å². The number of nitrogens with zero attached hydrogens (tertiary/aromatic N) is 1. The van der Waals surface area contributed by atoms with Gasteiger partial charge in [-0.15, -0.1) is 0 Å². The molecular weight excluding hydrogens is 254 g/mol. The van der Waals surface area contributed by atoms with Gasteiger partial charge in [0, 0.05) is 5.69 Å². The molecule has 5 nitrogen and oxygen atoms in total. The minimum atomic E-state index is -0.483. The molecule has 3 amide bonds. The molecule has 0 spiro atoms. The first kappa shape index (κ1) is 13.6. The Balaban J connectivity index is 2.01. The van der Waals surface area contributed by atoms with Crippen molar-refractivity contribution in [2.75, 3.05) is 10.3 Å². The van der Waals surface area contributed by atoms with Crippen molar-refractivity contribution in [1.29, 1.82) is 0 Å². The van der Waals surface area contributed by atoms with Gasteiger partial charge in [-0.05, 0) is 31.2 Å². The average molecular weight is 269 g/mol. The highest BCUT2D eigenvalue weighted by Gasteiger charge is 2.09. The maximum absolute atomic E-state index is 11.8. The number of rotatable bonds is 4. The van der Waals surface area contributed by atoms with Crippen LogP contribution in [0.15, 0.2) is 54.6 Å². The molecule has 0 bridgehead atoms. The topological polar surface area (TPSA) is 61.4 Å². The van der Waals surface area contributed by atoms with Gasteiger partial charge in [0.1, 0.15) is 0 Å². The lowest BCUT2D eigenvalue weighted by Crippen LogP contribution is -2.43. The predicted octanol–water partition coefficient (Wildman–Crippen LogP) is 2.69. The lowest BCUT2D eigenvalue weighted by molar-refractivity contribution is -0.107. The summed E-state index contributed by atoms with van der Waals surface area (Å²) in [6.07, 6.45) is 0.551. The Morgan fingerprint density at radius 1 is 1.05 bits per heavy atom. The standard InChI is InChI=1S/C15H15N3O2/c1-12-7-9-14(10-8-12)18(11-19)17-15(20)16-13-5-3-2-4-6-13/h2-11H,1H3,(H2,16,17,20). The highest BCUT2D eigenvalue weighted by molar-refractivity contribution is 5.93. The van der Waals surface area contributed by atoms with Gasteiger partial charge in [0.25, 0.3) is 0 Å². The molecule has 0 aliphatic rings. The SMILES string of the molecule is Cc1ccc(N(C=O)NC(=O)Nc2ccccc2)cc1. The van der Waals surface area contributed by atoms with Crippen LogP contribution in [0.2, 0.25) is 0 Å². The number of benzene rings is 2. The van der Waals surface area contributed by atoms with Gasteiger partial charge in [-0.25, -0.2) is 15.2 Å². The number of hydrogen-bond acceptors (Lipinski definition) is 2. The Labute approximate surface area is 117 Å². The van der Waals surface area contributed by atoms with Crippen LogP contribution in [0, 0.1) is 6.92 Å². The molecule has 0 fully saturated rings. The number of urea groups is 1. The average Bonchev–Trinajstić information content (AvgIpc) is 2.47. The molecule has 2 aromatic carbocycles. The number of carbonyl (C=O) groups is 2. The van der Waals surface area contributed by atoms with Gasteiger partial charge in [-0.3, -0.25) is 4.79 Å². The largest absolute Gasteiger partial charge is 0.338 e. The van der Waals surface area contributed by atoms with E-state index < -0.39 is 6.03 Å². The Morgan fingerprint density at radius 2 is 1.70 bits per heavy atom. The Morgan fingerprint density at radius 3 is 2.30 bits per heavy atom. The number of aryl methyl sites for hydroxylation is 1. The van der Waals surface area contributed by atoms with Crippen molar-refractivity contribution in [2.24, 2.45) is 0 Å². The zero-order chi connectivity index (χ0) is 14.4. The van der Waals surface area contributed by atoms with Crippen LogP contribution in [0.3, 0.4) is 0 Å². The quantitative estimate of drug-likeness (QED) is 0.662. The second kappa shape index (κ2) is 6.38. The molecular formula is C15H15N3O2. The molecule has 0 aliphatic heterocycles. The number of amides is 3. The van der Waals surface area contributed by atoms with E-state index in [1.165, 1.54) is 0 Å². The highest BCUT2D eigenvalue weighted by atomic mass is 16.2. The Kier molecular flexibility index (Phi) is 4.34. The molecule has 2 aromatic rings. The molecule has 0 saturated carbocycles. The highest BCUT2D eigenvalue weighted by Crippen LogP contribution is 2.12. The van der Waals surface area contributed by atoms with Crippen LogP contribution in [0.5, 0.6) is 0 Å². The molecule has 0 aliphatic carbocycles. The van der Waals surface area contributed by atoms with E-state index in [0.717, 1.165) is 10.6 Å². The Bertz CT molecular complexity index is 582. The third-order valence-corrected chi connectivity index (χ3v) is 2.67. The fourth-order valence-corrected chi connectivity index (χ4v) is 1.65. The number of carbonyl (C=O) groups excluding carboxylic acids is 2. The van der Waals surface area contributed by atoms with E-state index in [9.17, 15) is 9.59 Å². The van der Waals surface area contributed by atoms with E-state index in [2.05, 4.69) is 10.7 Å². The molecule has 0 aromatic heterocycles. The van der Waals surface area contributed by atoms with Gasteiger partial charge in [-0.1, -0.05) is 35.9 Å². The van der Waals surface area contributed by atoms with Gasteiger partial charge < -0.3 is 5.32 Å². The summed E-state index contributed by atoms with van der Waals surface area (Å²) in [7, 11) is 0. The minimum absolute atomic E-state index is 0.483. The number of hydrazine groups is 1. The first-order valence-corrected chi connectivity index (χ1v) is 6.13. The summed E-state index contributed by atoms with van der Waals surface area (Å²) in [5.74, 6) is 0. The summed E-state index contributed by atoms with van der Waals surface area (Å²) in [5, 5.41) is 3.76. The van der Waals surface area contributed by atoms with Crippen molar-refractivity contribution in [1.82, 2.24) is 5.43 Å². The molecule has 2 rings (SSSR count). The molecule has 102 valence electrons. The fraction of sp³-hybridized carbons (Fsp3) is 0.0667. The van der Waals surface area contributed by atoms with E-state index in [1.807, 2.05) is 37.3 Å². The van der Waals surface area contributed by atoms with Gasteiger partial charge in [-0.2, -0.15) is 0 Å². The van der Waals surface area contributed by atoms with E-state index in [-0.39, 0.29) is 0 Å². The van der Waals surface area contributed by atoms with Gasteiger partial charge >= 0.3 is 6.03 Å². The Hall–Kier alpha value is -2.82.